The van der Waals surface area contributed by atoms with E-state index in [1.165, 1.54) is 12.1 Å². The minimum atomic E-state index is -0.399. The molecule has 1 aliphatic rings. The third-order valence-electron chi connectivity index (χ3n) is 4.00. The molecular weight excluding hydrogens is 304 g/mol. The van der Waals surface area contributed by atoms with Crippen molar-refractivity contribution in [3.8, 4) is 0 Å². The number of nitro groups is 1. The van der Waals surface area contributed by atoms with Crippen molar-refractivity contribution in [3.63, 3.8) is 0 Å². The highest BCUT2D eigenvalue weighted by Gasteiger charge is 2.20. The summed E-state index contributed by atoms with van der Waals surface area (Å²) < 4.78 is 0. The molecule has 3 rings (SSSR count). The smallest absolute Gasteiger partial charge is 0.269 e. The van der Waals surface area contributed by atoms with Crippen LogP contribution in [0, 0.1) is 10.1 Å². The van der Waals surface area contributed by atoms with Crippen molar-refractivity contribution in [3.05, 3.63) is 70.3 Å². The number of hydrogen-bond acceptors (Lipinski definition) is 4. The second-order valence-corrected chi connectivity index (χ2v) is 5.88. The number of nitrogens with zero attached hydrogens (tertiary/aromatic N) is 3. The Hall–Kier alpha value is -2.73. The highest BCUT2D eigenvalue weighted by Crippen LogP contribution is 2.20. The predicted octanol–water partition coefficient (Wildman–Crippen LogP) is 2.97. The molecule has 1 aliphatic heterocycles. The number of non-ortho nitro benzene ring substituents is 1. The lowest BCUT2D eigenvalue weighted by molar-refractivity contribution is -0.384. The number of hydrogen-bond donors (Lipinski definition) is 1. The SMILES string of the molecule is CC1CN(C(=Nc2ccc([N+](=O)[O-])cc2)c2ccccc2)CCN1. The first kappa shape index (κ1) is 16.1. The molecule has 1 fully saturated rings. The number of rotatable bonds is 3. The fourth-order valence-corrected chi connectivity index (χ4v) is 2.80. The van der Waals surface area contributed by atoms with Crippen LogP contribution in [0.15, 0.2) is 59.6 Å². The average Bonchev–Trinajstić information content (AvgIpc) is 2.61. The topological polar surface area (TPSA) is 70.8 Å². The van der Waals surface area contributed by atoms with E-state index >= 15 is 0 Å². The number of piperazine rings is 1. The summed E-state index contributed by atoms with van der Waals surface area (Å²) in [4.78, 5) is 17.4. The van der Waals surface area contributed by atoms with Gasteiger partial charge in [-0.2, -0.15) is 0 Å². The van der Waals surface area contributed by atoms with Crippen molar-refractivity contribution >= 4 is 17.2 Å². The summed E-state index contributed by atoms with van der Waals surface area (Å²) in [6.45, 7) is 4.82. The summed E-state index contributed by atoms with van der Waals surface area (Å²) in [5.74, 6) is 0.901. The molecule has 1 N–H and O–H groups in total. The van der Waals surface area contributed by atoms with Gasteiger partial charge in [0.2, 0.25) is 0 Å². The summed E-state index contributed by atoms with van der Waals surface area (Å²) in [6.07, 6.45) is 0. The van der Waals surface area contributed by atoms with E-state index in [0.717, 1.165) is 31.0 Å². The maximum Gasteiger partial charge on any atom is 0.269 e. The van der Waals surface area contributed by atoms with E-state index in [1.54, 1.807) is 12.1 Å². The van der Waals surface area contributed by atoms with Crippen molar-refractivity contribution in [2.75, 3.05) is 19.6 Å². The molecule has 0 aromatic heterocycles. The van der Waals surface area contributed by atoms with Gasteiger partial charge in [-0.05, 0) is 19.1 Å². The summed E-state index contributed by atoms with van der Waals surface area (Å²) in [5.41, 5.74) is 1.83. The molecule has 1 atom stereocenters. The Morgan fingerprint density at radius 3 is 2.54 bits per heavy atom. The molecule has 1 unspecified atom stereocenters. The lowest BCUT2D eigenvalue weighted by Gasteiger charge is -2.34. The lowest BCUT2D eigenvalue weighted by Crippen LogP contribution is -2.51. The minimum absolute atomic E-state index is 0.0750. The van der Waals surface area contributed by atoms with E-state index in [1.807, 2.05) is 30.3 Å². The van der Waals surface area contributed by atoms with Crippen LogP contribution in [0.25, 0.3) is 0 Å². The van der Waals surface area contributed by atoms with E-state index in [0.29, 0.717) is 11.7 Å². The molecule has 1 heterocycles. The number of aliphatic imine (C=N–C) groups is 1. The van der Waals surface area contributed by atoms with Gasteiger partial charge in [0, 0.05) is 43.4 Å². The number of amidine groups is 1. The maximum absolute atomic E-state index is 10.8. The Bertz CT molecular complexity index is 728. The monoisotopic (exact) mass is 324 g/mol. The van der Waals surface area contributed by atoms with Crippen LogP contribution in [0.4, 0.5) is 11.4 Å². The van der Waals surface area contributed by atoms with E-state index in [2.05, 4.69) is 17.1 Å². The molecule has 0 saturated carbocycles. The van der Waals surface area contributed by atoms with Crippen molar-refractivity contribution in [2.45, 2.75) is 13.0 Å². The highest BCUT2D eigenvalue weighted by atomic mass is 16.6. The van der Waals surface area contributed by atoms with Crippen LogP contribution >= 0.6 is 0 Å². The Kier molecular flexibility index (Phi) is 4.86. The normalized spacial score (nSPS) is 18.5. The fourth-order valence-electron chi connectivity index (χ4n) is 2.80. The molecule has 24 heavy (non-hydrogen) atoms. The van der Waals surface area contributed by atoms with Crippen LogP contribution in [0.5, 0.6) is 0 Å². The summed E-state index contributed by atoms with van der Waals surface area (Å²) in [6, 6.07) is 16.8. The van der Waals surface area contributed by atoms with Gasteiger partial charge in [0.1, 0.15) is 5.84 Å². The first-order valence-electron chi connectivity index (χ1n) is 8.00. The molecule has 0 bridgehead atoms. The van der Waals surface area contributed by atoms with Crippen LogP contribution in [0.2, 0.25) is 0 Å². The maximum atomic E-state index is 10.8. The van der Waals surface area contributed by atoms with E-state index in [4.69, 9.17) is 4.99 Å². The predicted molar refractivity (Wildman–Crippen MR) is 94.8 cm³/mol. The van der Waals surface area contributed by atoms with E-state index in [-0.39, 0.29) is 5.69 Å². The molecule has 2 aromatic carbocycles. The van der Waals surface area contributed by atoms with Gasteiger partial charge in [-0.15, -0.1) is 0 Å². The fraction of sp³-hybridized carbons (Fsp3) is 0.278. The largest absolute Gasteiger partial charge is 0.353 e. The minimum Gasteiger partial charge on any atom is -0.353 e. The van der Waals surface area contributed by atoms with E-state index in [9.17, 15) is 10.1 Å². The van der Waals surface area contributed by atoms with Gasteiger partial charge in [0.05, 0.1) is 10.6 Å². The molecule has 6 heteroatoms. The molecule has 124 valence electrons. The van der Waals surface area contributed by atoms with Crippen LogP contribution in [0.1, 0.15) is 12.5 Å². The van der Waals surface area contributed by atoms with Gasteiger partial charge in [-0.25, -0.2) is 4.99 Å². The Morgan fingerprint density at radius 1 is 1.21 bits per heavy atom. The Labute approximate surface area is 141 Å². The third-order valence-corrected chi connectivity index (χ3v) is 4.00. The standard InChI is InChI=1S/C18H20N4O2/c1-14-13-21(12-11-19-14)18(15-5-3-2-4-6-15)20-16-7-9-17(10-8-16)22(23)24/h2-10,14,19H,11-13H2,1H3. The number of benzene rings is 2. The zero-order valence-electron chi connectivity index (χ0n) is 13.6. The summed E-state index contributed by atoms with van der Waals surface area (Å²) in [5, 5.41) is 14.2. The molecular formula is C18H20N4O2. The molecule has 0 amide bonds. The van der Waals surface area contributed by atoms with Crippen LogP contribution in [-0.2, 0) is 0 Å². The number of nitro benzene ring substituents is 1. The Morgan fingerprint density at radius 2 is 1.92 bits per heavy atom. The first-order valence-corrected chi connectivity index (χ1v) is 8.00. The first-order chi connectivity index (χ1) is 11.6. The lowest BCUT2D eigenvalue weighted by atomic mass is 10.1. The van der Waals surface area contributed by atoms with Gasteiger partial charge >= 0.3 is 0 Å². The van der Waals surface area contributed by atoms with Crippen molar-refractivity contribution in [1.82, 2.24) is 10.2 Å². The van der Waals surface area contributed by atoms with Gasteiger partial charge in [0.25, 0.3) is 5.69 Å². The molecule has 0 spiro atoms. The zero-order chi connectivity index (χ0) is 16.9. The average molecular weight is 324 g/mol. The quantitative estimate of drug-likeness (QED) is 0.408. The van der Waals surface area contributed by atoms with Crippen LogP contribution in [-0.4, -0.2) is 41.3 Å². The van der Waals surface area contributed by atoms with Gasteiger partial charge in [0.15, 0.2) is 0 Å². The van der Waals surface area contributed by atoms with Crippen molar-refractivity contribution in [1.29, 1.82) is 0 Å². The van der Waals surface area contributed by atoms with Crippen molar-refractivity contribution < 1.29 is 4.92 Å². The molecule has 0 radical (unpaired) electrons. The molecule has 0 aliphatic carbocycles. The van der Waals surface area contributed by atoms with Crippen LogP contribution < -0.4 is 5.32 Å². The molecule has 2 aromatic rings. The van der Waals surface area contributed by atoms with Gasteiger partial charge in [-0.1, -0.05) is 30.3 Å². The molecule has 1 saturated heterocycles. The Balaban J connectivity index is 1.95. The summed E-state index contributed by atoms with van der Waals surface area (Å²) in [7, 11) is 0. The van der Waals surface area contributed by atoms with Gasteiger partial charge < -0.3 is 10.2 Å². The zero-order valence-corrected chi connectivity index (χ0v) is 13.6. The van der Waals surface area contributed by atoms with Crippen molar-refractivity contribution in [2.24, 2.45) is 4.99 Å². The number of nitrogens with one attached hydrogen (secondary N) is 1. The third kappa shape index (κ3) is 3.78. The van der Waals surface area contributed by atoms with Gasteiger partial charge in [-0.3, -0.25) is 10.1 Å². The molecule has 6 nitrogen and oxygen atoms in total. The van der Waals surface area contributed by atoms with Crippen LogP contribution in [0.3, 0.4) is 0 Å². The summed E-state index contributed by atoms with van der Waals surface area (Å²) >= 11 is 0. The second-order valence-electron chi connectivity index (χ2n) is 5.88. The van der Waals surface area contributed by atoms with E-state index < -0.39 is 4.92 Å². The second kappa shape index (κ2) is 7.23. The highest BCUT2D eigenvalue weighted by molar-refractivity contribution is 6.00.